The lowest BCUT2D eigenvalue weighted by Crippen LogP contribution is -2.47. The fourth-order valence-corrected chi connectivity index (χ4v) is 3.46. The molecule has 1 atom stereocenters. The first-order valence-electron chi connectivity index (χ1n) is 5.83. The summed E-state index contributed by atoms with van der Waals surface area (Å²) in [7, 11) is 0. The molecule has 1 fully saturated rings. The van der Waals surface area contributed by atoms with Crippen LogP contribution < -0.4 is 5.32 Å². The maximum atomic E-state index is 3.72. The molecule has 1 aliphatic rings. The van der Waals surface area contributed by atoms with E-state index >= 15 is 0 Å². The summed E-state index contributed by atoms with van der Waals surface area (Å²) in [5.74, 6) is 3.46. The summed E-state index contributed by atoms with van der Waals surface area (Å²) in [5.41, 5.74) is 0.502. The third-order valence-corrected chi connectivity index (χ3v) is 4.29. The molecule has 0 bridgehead atoms. The van der Waals surface area contributed by atoms with Gasteiger partial charge in [0.15, 0.2) is 0 Å². The van der Waals surface area contributed by atoms with E-state index in [9.17, 15) is 0 Å². The van der Waals surface area contributed by atoms with Gasteiger partial charge in [-0.05, 0) is 36.5 Å². The summed E-state index contributed by atoms with van der Waals surface area (Å²) in [5, 5.41) is 3.72. The van der Waals surface area contributed by atoms with Crippen molar-refractivity contribution in [3.8, 4) is 0 Å². The Morgan fingerprint density at radius 3 is 2.71 bits per heavy atom. The first kappa shape index (κ1) is 12.4. The minimum atomic E-state index is 0.502. The maximum absolute atomic E-state index is 3.72. The number of hydrogen-bond donors (Lipinski definition) is 1. The number of hydrogen-bond acceptors (Lipinski definition) is 2. The fraction of sp³-hybridized carbons (Fsp3) is 1.00. The number of nitrogens with one attached hydrogen (secondary N) is 1. The lowest BCUT2D eigenvalue weighted by atomic mass is 9.82. The van der Waals surface area contributed by atoms with E-state index < -0.39 is 0 Å². The van der Waals surface area contributed by atoms with Gasteiger partial charge in [-0.3, -0.25) is 0 Å². The van der Waals surface area contributed by atoms with Crippen LogP contribution in [0, 0.1) is 11.3 Å². The smallest absolute Gasteiger partial charge is 0.0209 e. The minimum absolute atomic E-state index is 0.502. The predicted molar refractivity (Wildman–Crippen MR) is 67.0 cm³/mol. The molecule has 1 heterocycles. The molecule has 0 saturated carbocycles. The molecule has 1 saturated heterocycles. The first-order chi connectivity index (χ1) is 6.52. The predicted octanol–water partition coefficient (Wildman–Crippen LogP) is 3.15. The Bertz CT molecular complexity index is 166. The first-order valence-corrected chi connectivity index (χ1v) is 6.99. The average molecular weight is 215 g/mol. The van der Waals surface area contributed by atoms with Crippen LogP contribution in [0.2, 0.25) is 0 Å². The molecule has 1 N–H and O–H groups in total. The van der Waals surface area contributed by atoms with Gasteiger partial charge in [0, 0.05) is 11.8 Å². The van der Waals surface area contributed by atoms with Crippen LogP contribution in [0.1, 0.15) is 40.5 Å². The number of thioether (sulfide) groups is 1. The summed E-state index contributed by atoms with van der Waals surface area (Å²) >= 11 is 2.10. The summed E-state index contributed by atoms with van der Waals surface area (Å²) in [6.45, 7) is 10.6. The highest BCUT2D eigenvalue weighted by atomic mass is 32.2. The minimum Gasteiger partial charge on any atom is -0.313 e. The maximum Gasteiger partial charge on any atom is 0.0209 e. The van der Waals surface area contributed by atoms with Crippen molar-refractivity contribution in [2.75, 3.05) is 18.1 Å². The Hall–Kier alpha value is 0.310. The monoisotopic (exact) mass is 215 g/mol. The van der Waals surface area contributed by atoms with E-state index in [-0.39, 0.29) is 0 Å². The second-order valence-electron chi connectivity index (χ2n) is 5.50. The molecule has 1 nitrogen and oxygen atoms in total. The van der Waals surface area contributed by atoms with E-state index in [1.54, 1.807) is 0 Å². The van der Waals surface area contributed by atoms with Crippen molar-refractivity contribution in [3.05, 3.63) is 0 Å². The molecular formula is C12H25NS. The molecule has 1 aliphatic heterocycles. The van der Waals surface area contributed by atoms with Crippen LogP contribution >= 0.6 is 11.8 Å². The second kappa shape index (κ2) is 5.41. The van der Waals surface area contributed by atoms with Gasteiger partial charge in [0.25, 0.3) is 0 Å². The molecule has 0 spiro atoms. The number of rotatable bonds is 4. The lowest BCUT2D eigenvalue weighted by Gasteiger charge is -2.39. The molecule has 1 unspecified atom stereocenters. The van der Waals surface area contributed by atoms with Gasteiger partial charge in [0.1, 0.15) is 0 Å². The average Bonchev–Trinajstić information content (AvgIpc) is 2.07. The van der Waals surface area contributed by atoms with Crippen molar-refractivity contribution < 1.29 is 0 Å². The van der Waals surface area contributed by atoms with Gasteiger partial charge in [0.2, 0.25) is 0 Å². The summed E-state index contributed by atoms with van der Waals surface area (Å²) < 4.78 is 0. The van der Waals surface area contributed by atoms with Crippen molar-refractivity contribution in [2.45, 2.75) is 46.6 Å². The zero-order valence-corrected chi connectivity index (χ0v) is 10.9. The molecule has 0 aromatic heterocycles. The normalized spacial score (nSPS) is 26.8. The summed E-state index contributed by atoms with van der Waals surface area (Å²) in [6, 6.07) is 0.722. The third-order valence-electron chi connectivity index (χ3n) is 3.23. The molecule has 2 heteroatoms. The fourth-order valence-electron chi connectivity index (χ4n) is 1.82. The van der Waals surface area contributed by atoms with Crippen molar-refractivity contribution in [1.82, 2.24) is 5.32 Å². The Kier molecular flexibility index (Phi) is 4.78. The molecule has 0 amide bonds. The Morgan fingerprint density at radius 1 is 1.43 bits per heavy atom. The molecule has 1 rings (SSSR count). The van der Waals surface area contributed by atoms with E-state index in [0.29, 0.717) is 5.41 Å². The van der Waals surface area contributed by atoms with Gasteiger partial charge < -0.3 is 5.32 Å². The second-order valence-corrected chi connectivity index (χ2v) is 6.65. The van der Waals surface area contributed by atoms with Gasteiger partial charge in [0.05, 0.1) is 0 Å². The molecule has 0 radical (unpaired) electrons. The van der Waals surface area contributed by atoms with Gasteiger partial charge in [-0.2, -0.15) is 11.8 Å². The van der Waals surface area contributed by atoms with E-state index in [1.165, 1.54) is 30.9 Å². The van der Waals surface area contributed by atoms with Crippen LogP contribution in [0.3, 0.4) is 0 Å². The van der Waals surface area contributed by atoms with Crippen molar-refractivity contribution in [3.63, 3.8) is 0 Å². The van der Waals surface area contributed by atoms with E-state index in [1.807, 2.05) is 0 Å². The molecule has 0 aromatic rings. The SMILES string of the molecule is CC(C)CCNC1CSCCC1(C)C. The topological polar surface area (TPSA) is 12.0 Å². The molecular weight excluding hydrogens is 190 g/mol. The quantitative estimate of drug-likeness (QED) is 0.773. The Morgan fingerprint density at radius 2 is 2.14 bits per heavy atom. The Labute approximate surface area is 93.4 Å². The molecule has 0 aromatic carbocycles. The van der Waals surface area contributed by atoms with Crippen molar-refractivity contribution in [2.24, 2.45) is 11.3 Å². The van der Waals surface area contributed by atoms with E-state index in [2.05, 4.69) is 44.8 Å². The van der Waals surface area contributed by atoms with Crippen molar-refractivity contribution >= 4 is 11.8 Å². The van der Waals surface area contributed by atoms with Crippen LogP contribution in [-0.4, -0.2) is 24.1 Å². The van der Waals surface area contributed by atoms with Crippen LogP contribution in [0.5, 0.6) is 0 Å². The Balaban J connectivity index is 2.27. The van der Waals surface area contributed by atoms with Crippen molar-refractivity contribution in [1.29, 1.82) is 0 Å². The highest BCUT2D eigenvalue weighted by Crippen LogP contribution is 2.34. The zero-order chi connectivity index (χ0) is 10.6. The van der Waals surface area contributed by atoms with E-state index in [0.717, 1.165) is 12.0 Å². The van der Waals surface area contributed by atoms with Crippen LogP contribution in [0.15, 0.2) is 0 Å². The van der Waals surface area contributed by atoms with Crippen LogP contribution in [0.25, 0.3) is 0 Å². The largest absolute Gasteiger partial charge is 0.313 e. The standard InChI is InChI=1S/C12H25NS/c1-10(2)5-7-13-11-9-14-8-6-12(11,3)4/h10-11,13H,5-9H2,1-4H3. The summed E-state index contributed by atoms with van der Waals surface area (Å²) in [6.07, 6.45) is 2.66. The molecule has 84 valence electrons. The van der Waals surface area contributed by atoms with Gasteiger partial charge in [-0.15, -0.1) is 0 Å². The van der Waals surface area contributed by atoms with Crippen LogP contribution in [0.4, 0.5) is 0 Å². The molecule has 0 aliphatic carbocycles. The lowest BCUT2D eigenvalue weighted by molar-refractivity contribution is 0.243. The molecule has 14 heavy (non-hydrogen) atoms. The van der Waals surface area contributed by atoms with Gasteiger partial charge in [-0.25, -0.2) is 0 Å². The highest BCUT2D eigenvalue weighted by molar-refractivity contribution is 7.99. The summed E-state index contributed by atoms with van der Waals surface area (Å²) in [4.78, 5) is 0. The van der Waals surface area contributed by atoms with Crippen LogP contribution in [-0.2, 0) is 0 Å². The van der Waals surface area contributed by atoms with Gasteiger partial charge >= 0.3 is 0 Å². The highest BCUT2D eigenvalue weighted by Gasteiger charge is 2.31. The van der Waals surface area contributed by atoms with Gasteiger partial charge in [-0.1, -0.05) is 27.7 Å². The van der Waals surface area contributed by atoms with E-state index in [4.69, 9.17) is 0 Å². The zero-order valence-electron chi connectivity index (χ0n) is 10.1. The third kappa shape index (κ3) is 3.82.